The Morgan fingerprint density at radius 3 is 2.73 bits per heavy atom. The van der Waals surface area contributed by atoms with Gasteiger partial charge < -0.3 is 4.74 Å². The number of esters is 1. The van der Waals surface area contributed by atoms with Gasteiger partial charge in [0.25, 0.3) is 10.0 Å². The summed E-state index contributed by atoms with van der Waals surface area (Å²) in [6, 6.07) is 11.2. The number of hydrogen-bond donors (Lipinski definition) is 1. The zero-order valence-corrected chi connectivity index (χ0v) is 15.1. The molecule has 2 aromatic rings. The van der Waals surface area contributed by atoms with Crippen molar-refractivity contribution < 1.29 is 22.7 Å². The van der Waals surface area contributed by atoms with E-state index in [-0.39, 0.29) is 23.1 Å². The molecule has 0 aliphatic heterocycles. The van der Waals surface area contributed by atoms with Crippen molar-refractivity contribution >= 4 is 27.5 Å². The number of anilines is 1. The highest BCUT2D eigenvalue weighted by Gasteiger charge is 2.23. The van der Waals surface area contributed by atoms with Crippen molar-refractivity contribution in [1.29, 1.82) is 0 Å². The summed E-state index contributed by atoms with van der Waals surface area (Å²) in [5, 5.41) is 0. The second kappa shape index (κ2) is 7.29. The van der Waals surface area contributed by atoms with Crippen LogP contribution in [0.4, 0.5) is 5.69 Å². The van der Waals surface area contributed by atoms with Crippen LogP contribution in [0.3, 0.4) is 0 Å². The monoisotopic (exact) mass is 373 g/mol. The van der Waals surface area contributed by atoms with E-state index in [1.807, 2.05) is 0 Å². The number of nitrogens with one attached hydrogen (secondary N) is 1. The van der Waals surface area contributed by atoms with Crippen molar-refractivity contribution in [2.24, 2.45) is 0 Å². The standard InChI is InChI=1S/C19H19NO5S/c1-2-25-19(22)11-13-4-3-5-15(10-13)20-26(23,24)16-8-6-14-7-9-18(21)17(14)12-16/h3-6,8,10,12,20H,2,7,9,11H2,1H3. The molecule has 1 N–H and O–H groups in total. The fourth-order valence-corrected chi connectivity index (χ4v) is 4.00. The molecule has 0 saturated heterocycles. The summed E-state index contributed by atoms with van der Waals surface area (Å²) >= 11 is 0. The maximum absolute atomic E-state index is 12.6. The fraction of sp³-hybridized carbons (Fsp3) is 0.263. The van der Waals surface area contributed by atoms with Crippen LogP contribution in [0.2, 0.25) is 0 Å². The maximum atomic E-state index is 12.6. The molecular formula is C19H19NO5S. The first-order valence-electron chi connectivity index (χ1n) is 8.32. The van der Waals surface area contributed by atoms with Gasteiger partial charge in [0.2, 0.25) is 0 Å². The smallest absolute Gasteiger partial charge is 0.310 e. The summed E-state index contributed by atoms with van der Waals surface area (Å²) in [5.41, 5.74) is 2.35. The Balaban J connectivity index is 1.81. The fourth-order valence-electron chi connectivity index (χ4n) is 2.92. The van der Waals surface area contributed by atoms with Crippen LogP contribution in [0.25, 0.3) is 0 Å². The van der Waals surface area contributed by atoms with Crippen molar-refractivity contribution in [1.82, 2.24) is 0 Å². The number of carbonyl (C=O) groups is 2. The normalized spacial score (nSPS) is 13.3. The molecule has 0 bridgehead atoms. The molecule has 0 atom stereocenters. The first-order valence-corrected chi connectivity index (χ1v) is 9.81. The van der Waals surface area contributed by atoms with Gasteiger partial charge in [-0.2, -0.15) is 0 Å². The number of sulfonamides is 1. The highest BCUT2D eigenvalue weighted by atomic mass is 32.2. The predicted octanol–water partition coefficient (Wildman–Crippen LogP) is 2.72. The molecule has 0 fully saturated rings. The van der Waals surface area contributed by atoms with Gasteiger partial charge in [0, 0.05) is 17.7 Å². The molecular weight excluding hydrogens is 354 g/mol. The molecule has 0 amide bonds. The number of ketones is 1. The van der Waals surface area contributed by atoms with E-state index in [1.165, 1.54) is 12.1 Å². The van der Waals surface area contributed by atoms with Gasteiger partial charge in [0.1, 0.15) is 0 Å². The van der Waals surface area contributed by atoms with Crippen molar-refractivity contribution in [3.63, 3.8) is 0 Å². The van der Waals surface area contributed by atoms with Crippen LogP contribution in [0, 0.1) is 0 Å². The molecule has 0 unspecified atom stereocenters. The van der Waals surface area contributed by atoms with E-state index in [0.29, 0.717) is 36.3 Å². The van der Waals surface area contributed by atoms with Gasteiger partial charge in [-0.3, -0.25) is 14.3 Å². The molecule has 3 rings (SSSR count). The minimum Gasteiger partial charge on any atom is -0.466 e. The molecule has 0 saturated carbocycles. The number of aryl methyl sites for hydroxylation is 1. The lowest BCUT2D eigenvalue weighted by Gasteiger charge is -2.10. The molecule has 136 valence electrons. The summed E-state index contributed by atoms with van der Waals surface area (Å²) in [6.07, 6.45) is 1.14. The summed E-state index contributed by atoms with van der Waals surface area (Å²) < 4.78 is 32.7. The van der Waals surface area contributed by atoms with E-state index in [4.69, 9.17) is 4.74 Å². The lowest BCUT2D eigenvalue weighted by atomic mass is 10.1. The number of rotatable bonds is 6. The van der Waals surface area contributed by atoms with E-state index in [9.17, 15) is 18.0 Å². The average Bonchev–Trinajstić information content (AvgIpc) is 2.96. The van der Waals surface area contributed by atoms with Crippen LogP contribution in [0.1, 0.15) is 34.8 Å². The third kappa shape index (κ3) is 3.94. The number of hydrogen-bond acceptors (Lipinski definition) is 5. The van der Waals surface area contributed by atoms with Crippen LogP contribution < -0.4 is 4.72 Å². The minimum absolute atomic E-state index is 0.0338. The van der Waals surface area contributed by atoms with Gasteiger partial charge in [-0.15, -0.1) is 0 Å². The summed E-state index contributed by atoms with van der Waals surface area (Å²) in [5.74, 6) is -0.405. The van der Waals surface area contributed by atoms with E-state index in [1.54, 1.807) is 37.3 Å². The van der Waals surface area contributed by atoms with E-state index < -0.39 is 10.0 Å². The van der Waals surface area contributed by atoms with Crippen LogP contribution in [-0.4, -0.2) is 26.8 Å². The molecule has 0 aromatic heterocycles. The van der Waals surface area contributed by atoms with Crippen molar-refractivity contribution in [2.75, 3.05) is 11.3 Å². The first-order chi connectivity index (χ1) is 12.4. The number of Topliss-reactive ketones (excluding diaryl/α,β-unsaturated/α-hetero) is 1. The zero-order chi connectivity index (χ0) is 18.7. The second-order valence-electron chi connectivity index (χ2n) is 6.03. The van der Waals surface area contributed by atoms with Crippen LogP contribution in [-0.2, 0) is 32.4 Å². The molecule has 26 heavy (non-hydrogen) atoms. The molecule has 0 heterocycles. The van der Waals surface area contributed by atoms with Crippen LogP contribution >= 0.6 is 0 Å². The van der Waals surface area contributed by atoms with Crippen LogP contribution in [0.15, 0.2) is 47.4 Å². The van der Waals surface area contributed by atoms with Gasteiger partial charge in [0.15, 0.2) is 5.78 Å². The predicted molar refractivity (Wildman–Crippen MR) is 96.7 cm³/mol. The van der Waals surface area contributed by atoms with Crippen LogP contribution in [0.5, 0.6) is 0 Å². The van der Waals surface area contributed by atoms with E-state index >= 15 is 0 Å². The first kappa shape index (κ1) is 18.1. The SMILES string of the molecule is CCOC(=O)Cc1cccc(NS(=O)(=O)c2ccc3c(c2)C(=O)CC3)c1. The Morgan fingerprint density at radius 1 is 1.15 bits per heavy atom. The Morgan fingerprint density at radius 2 is 1.96 bits per heavy atom. The Hall–Kier alpha value is -2.67. The molecule has 0 spiro atoms. The van der Waals surface area contributed by atoms with E-state index in [0.717, 1.165) is 5.56 Å². The summed E-state index contributed by atoms with van der Waals surface area (Å²) in [7, 11) is -3.83. The van der Waals surface area contributed by atoms with E-state index in [2.05, 4.69) is 4.72 Å². The van der Waals surface area contributed by atoms with Gasteiger partial charge in [-0.25, -0.2) is 8.42 Å². The highest BCUT2D eigenvalue weighted by Crippen LogP contribution is 2.26. The third-order valence-electron chi connectivity index (χ3n) is 4.15. The number of fused-ring (bicyclic) bond motifs is 1. The van der Waals surface area contributed by atoms with Crippen molar-refractivity contribution in [3.05, 3.63) is 59.2 Å². The van der Waals surface area contributed by atoms with Crippen molar-refractivity contribution in [2.45, 2.75) is 31.1 Å². The lowest BCUT2D eigenvalue weighted by Crippen LogP contribution is -2.14. The van der Waals surface area contributed by atoms with Crippen molar-refractivity contribution in [3.8, 4) is 0 Å². The Labute approximate surface area is 152 Å². The quantitative estimate of drug-likeness (QED) is 0.787. The molecule has 7 heteroatoms. The third-order valence-corrected chi connectivity index (χ3v) is 5.53. The largest absolute Gasteiger partial charge is 0.466 e. The maximum Gasteiger partial charge on any atom is 0.310 e. The second-order valence-corrected chi connectivity index (χ2v) is 7.71. The topological polar surface area (TPSA) is 89.5 Å². The molecule has 0 radical (unpaired) electrons. The summed E-state index contributed by atoms with van der Waals surface area (Å²) in [4.78, 5) is 23.5. The van der Waals surface area contributed by atoms with Gasteiger partial charge in [-0.05, 0) is 48.7 Å². The molecule has 2 aromatic carbocycles. The van der Waals surface area contributed by atoms with Gasteiger partial charge in [0.05, 0.1) is 17.9 Å². The Bertz CT molecular complexity index is 966. The average molecular weight is 373 g/mol. The van der Waals surface area contributed by atoms with Gasteiger partial charge in [-0.1, -0.05) is 18.2 Å². The van der Waals surface area contributed by atoms with Gasteiger partial charge >= 0.3 is 5.97 Å². The number of ether oxygens (including phenoxy) is 1. The number of benzene rings is 2. The molecule has 6 nitrogen and oxygen atoms in total. The zero-order valence-electron chi connectivity index (χ0n) is 14.3. The molecule has 1 aliphatic carbocycles. The molecule has 1 aliphatic rings. The highest BCUT2D eigenvalue weighted by molar-refractivity contribution is 7.92. The Kier molecular flexibility index (Phi) is 5.08. The lowest BCUT2D eigenvalue weighted by molar-refractivity contribution is -0.142. The summed E-state index contributed by atoms with van der Waals surface area (Å²) in [6.45, 7) is 2.02. The number of carbonyl (C=O) groups excluding carboxylic acids is 2. The minimum atomic E-state index is -3.83.